The zero-order chi connectivity index (χ0) is 13.4. The minimum atomic E-state index is 0.551. The number of benzene rings is 2. The van der Waals surface area contributed by atoms with E-state index in [-0.39, 0.29) is 0 Å². The van der Waals surface area contributed by atoms with Crippen molar-refractivity contribution in [1.82, 2.24) is 9.55 Å². The number of nitrogens with two attached hydrogens (primary N) is 1. The van der Waals surface area contributed by atoms with E-state index in [1.807, 2.05) is 22.8 Å². The van der Waals surface area contributed by atoms with Crippen molar-refractivity contribution in [1.29, 1.82) is 0 Å². The molecule has 3 aromatic rings. The van der Waals surface area contributed by atoms with Crippen molar-refractivity contribution < 1.29 is 0 Å². The van der Waals surface area contributed by atoms with Crippen LogP contribution in [0.2, 0.25) is 0 Å². The van der Waals surface area contributed by atoms with Gasteiger partial charge in [0.15, 0.2) is 0 Å². The molecule has 3 rings (SSSR count). The van der Waals surface area contributed by atoms with E-state index in [1.165, 1.54) is 11.1 Å². The van der Waals surface area contributed by atoms with Crippen molar-refractivity contribution in [2.75, 3.05) is 5.73 Å². The molecule has 1 aromatic heterocycles. The van der Waals surface area contributed by atoms with Gasteiger partial charge in [0.25, 0.3) is 0 Å². The van der Waals surface area contributed by atoms with Gasteiger partial charge < -0.3 is 10.3 Å². The number of anilines is 1. The van der Waals surface area contributed by atoms with Crippen LogP contribution in [-0.4, -0.2) is 9.55 Å². The van der Waals surface area contributed by atoms with Crippen LogP contribution in [0.3, 0.4) is 0 Å². The molecular weight excluding hydrogens is 302 g/mol. The third kappa shape index (κ3) is 2.36. The number of aromatic nitrogens is 2. The topological polar surface area (TPSA) is 43.8 Å². The fourth-order valence-electron chi connectivity index (χ4n) is 2.28. The van der Waals surface area contributed by atoms with Crippen LogP contribution in [0.1, 0.15) is 11.1 Å². The Morgan fingerprint density at radius 3 is 2.84 bits per heavy atom. The summed E-state index contributed by atoms with van der Waals surface area (Å²) in [7, 11) is 0. The third-order valence-electron chi connectivity index (χ3n) is 3.16. The Hall–Kier alpha value is -1.81. The van der Waals surface area contributed by atoms with Gasteiger partial charge in [-0.15, -0.1) is 0 Å². The highest BCUT2D eigenvalue weighted by Gasteiger charge is 2.08. The minimum absolute atomic E-state index is 0.551. The summed E-state index contributed by atoms with van der Waals surface area (Å²) >= 11 is 3.45. The van der Waals surface area contributed by atoms with Crippen LogP contribution in [0, 0.1) is 6.92 Å². The zero-order valence-electron chi connectivity index (χ0n) is 10.6. The standard InChI is InChI=1S/C15H14BrN3/c1-10-3-2-4-11(7-10)9-19-14-6-5-12(16)8-13(14)18-15(19)17/h2-8H,9H2,1H3,(H2,17,18). The normalized spacial score (nSPS) is 11.1. The summed E-state index contributed by atoms with van der Waals surface area (Å²) in [5.41, 5.74) is 10.5. The molecule has 4 heteroatoms. The Morgan fingerprint density at radius 2 is 2.05 bits per heavy atom. The fourth-order valence-corrected chi connectivity index (χ4v) is 2.63. The Morgan fingerprint density at radius 1 is 1.21 bits per heavy atom. The maximum absolute atomic E-state index is 6.03. The van der Waals surface area contributed by atoms with Crippen LogP contribution in [0.15, 0.2) is 46.9 Å². The van der Waals surface area contributed by atoms with E-state index in [1.54, 1.807) is 0 Å². The first kappa shape index (κ1) is 12.2. The van der Waals surface area contributed by atoms with Crippen molar-refractivity contribution in [3.63, 3.8) is 0 Å². The van der Waals surface area contributed by atoms with Gasteiger partial charge in [-0.3, -0.25) is 0 Å². The first-order valence-electron chi connectivity index (χ1n) is 6.10. The van der Waals surface area contributed by atoms with Crippen LogP contribution in [0.4, 0.5) is 5.95 Å². The van der Waals surface area contributed by atoms with Crippen molar-refractivity contribution in [2.45, 2.75) is 13.5 Å². The monoisotopic (exact) mass is 315 g/mol. The molecule has 19 heavy (non-hydrogen) atoms. The van der Waals surface area contributed by atoms with Crippen LogP contribution < -0.4 is 5.73 Å². The number of nitrogens with zero attached hydrogens (tertiary/aromatic N) is 2. The highest BCUT2D eigenvalue weighted by Crippen LogP contribution is 2.23. The Bertz CT molecular complexity index is 746. The summed E-state index contributed by atoms with van der Waals surface area (Å²) in [4.78, 5) is 4.40. The van der Waals surface area contributed by atoms with E-state index in [4.69, 9.17) is 5.73 Å². The number of aryl methyl sites for hydroxylation is 1. The predicted octanol–water partition coefficient (Wildman–Crippen LogP) is 3.74. The molecule has 0 radical (unpaired) electrons. The van der Waals surface area contributed by atoms with Gasteiger partial charge in [-0.1, -0.05) is 45.8 Å². The molecule has 96 valence electrons. The summed E-state index contributed by atoms with van der Waals surface area (Å²) in [5, 5.41) is 0. The molecule has 0 bridgehead atoms. The number of nitrogen functional groups attached to an aromatic ring is 1. The lowest BCUT2D eigenvalue weighted by atomic mass is 10.1. The molecule has 0 amide bonds. The molecule has 0 aliphatic rings. The lowest BCUT2D eigenvalue weighted by Crippen LogP contribution is -2.04. The largest absolute Gasteiger partial charge is 0.369 e. The number of rotatable bonds is 2. The van der Waals surface area contributed by atoms with Crippen molar-refractivity contribution in [2.24, 2.45) is 0 Å². The second kappa shape index (κ2) is 4.70. The van der Waals surface area contributed by atoms with E-state index >= 15 is 0 Å². The van der Waals surface area contributed by atoms with Crippen LogP contribution in [-0.2, 0) is 6.54 Å². The van der Waals surface area contributed by atoms with Gasteiger partial charge in [0, 0.05) is 4.47 Å². The molecule has 0 saturated carbocycles. The molecule has 0 spiro atoms. The Labute approximate surface area is 120 Å². The maximum atomic E-state index is 6.03. The predicted molar refractivity (Wildman–Crippen MR) is 82.1 cm³/mol. The number of halogens is 1. The fraction of sp³-hybridized carbons (Fsp3) is 0.133. The molecule has 0 aliphatic carbocycles. The SMILES string of the molecule is Cc1cccc(Cn2c(N)nc3cc(Br)ccc32)c1. The summed E-state index contributed by atoms with van der Waals surface area (Å²) < 4.78 is 3.05. The summed E-state index contributed by atoms with van der Waals surface area (Å²) in [6, 6.07) is 14.5. The molecule has 0 unspecified atom stereocenters. The van der Waals surface area contributed by atoms with Crippen molar-refractivity contribution in [3.05, 3.63) is 58.1 Å². The van der Waals surface area contributed by atoms with Crippen LogP contribution in [0.25, 0.3) is 11.0 Å². The quantitative estimate of drug-likeness (QED) is 0.783. The lowest BCUT2D eigenvalue weighted by molar-refractivity contribution is 0.837. The van der Waals surface area contributed by atoms with Crippen LogP contribution >= 0.6 is 15.9 Å². The van der Waals surface area contributed by atoms with Gasteiger partial charge in [-0.05, 0) is 30.7 Å². The number of fused-ring (bicyclic) bond motifs is 1. The summed E-state index contributed by atoms with van der Waals surface area (Å²) in [6.07, 6.45) is 0. The molecule has 0 fully saturated rings. The van der Waals surface area contributed by atoms with Gasteiger partial charge >= 0.3 is 0 Å². The molecule has 0 atom stereocenters. The zero-order valence-corrected chi connectivity index (χ0v) is 12.2. The molecular formula is C15H14BrN3. The molecule has 1 heterocycles. The molecule has 0 aliphatic heterocycles. The Kier molecular flexibility index (Phi) is 3.03. The summed E-state index contributed by atoms with van der Waals surface area (Å²) in [5.74, 6) is 0.551. The second-order valence-electron chi connectivity index (χ2n) is 4.68. The molecule has 3 nitrogen and oxygen atoms in total. The van der Waals surface area contributed by atoms with Crippen molar-refractivity contribution >= 4 is 32.9 Å². The smallest absolute Gasteiger partial charge is 0.201 e. The molecule has 2 N–H and O–H groups in total. The van der Waals surface area contributed by atoms with Gasteiger partial charge in [0.2, 0.25) is 5.95 Å². The molecule has 2 aromatic carbocycles. The van der Waals surface area contributed by atoms with E-state index in [0.29, 0.717) is 5.95 Å². The van der Waals surface area contributed by atoms with E-state index in [0.717, 1.165) is 22.1 Å². The first-order valence-corrected chi connectivity index (χ1v) is 6.89. The lowest BCUT2D eigenvalue weighted by Gasteiger charge is -2.07. The van der Waals surface area contributed by atoms with Crippen LogP contribution in [0.5, 0.6) is 0 Å². The van der Waals surface area contributed by atoms with Gasteiger partial charge in [-0.2, -0.15) is 0 Å². The first-order chi connectivity index (χ1) is 9.13. The average Bonchev–Trinajstić information content (AvgIpc) is 2.65. The maximum Gasteiger partial charge on any atom is 0.201 e. The van der Waals surface area contributed by atoms with E-state index < -0.39 is 0 Å². The minimum Gasteiger partial charge on any atom is -0.369 e. The highest BCUT2D eigenvalue weighted by molar-refractivity contribution is 9.10. The second-order valence-corrected chi connectivity index (χ2v) is 5.59. The third-order valence-corrected chi connectivity index (χ3v) is 3.66. The van der Waals surface area contributed by atoms with E-state index in [2.05, 4.69) is 52.1 Å². The van der Waals surface area contributed by atoms with Gasteiger partial charge in [-0.25, -0.2) is 4.98 Å². The van der Waals surface area contributed by atoms with Crippen molar-refractivity contribution in [3.8, 4) is 0 Å². The highest BCUT2D eigenvalue weighted by atomic mass is 79.9. The average molecular weight is 316 g/mol. The van der Waals surface area contributed by atoms with E-state index in [9.17, 15) is 0 Å². The van der Waals surface area contributed by atoms with Gasteiger partial charge in [0.05, 0.1) is 17.6 Å². The number of imidazole rings is 1. The molecule has 0 saturated heterocycles. The number of hydrogen-bond acceptors (Lipinski definition) is 2. The summed E-state index contributed by atoms with van der Waals surface area (Å²) in [6.45, 7) is 2.83. The number of hydrogen-bond donors (Lipinski definition) is 1. The Balaban J connectivity index is 2.07. The van der Waals surface area contributed by atoms with Gasteiger partial charge in [0.1, 0.15) is 0 Å².